The van der Waals surface area contributed by atoms with Crippen molar-refractivity contribution in [1.82, 2.24) is 13.9 Å². The van der Waals surface area contributed by atoms with Gasteiger partial charge in [0.1, 0.15) is 0 Å². The highest BCUT2D eigenvalue weighted by Crippen LogP contribution is 2.37. The summed E-state index contributed by atoms with van der Waals surface area (Å²) in [6.45, 7) is 3.80. The van der Waals surface area contributed by atoms with Gasteiger partial charge >= 0.3 is 0 Å². The lowest BCUT2D eigenvalue weighted by Crippen LogP contribution is -2.53. The van der Waals surface area contributed by atoms with Gasteiger partial charge in [0.15, 0.2) is 0 Å². The van der Waals surface area contributed by atoms with Crippen molar-refractivity contribution in [2.75, 3.05) is 39.8 Å². The molecule has 0 aromatic carbocycles. The summed E-state index contributed by atoms with van der Waals surface area (Å²) in [6, 6.07) is 0. The molecule has 3 fully saturated rings. The minimum atomic E-state index is -3.25. The first-order chi connectivity index (χ1) is 10.6. The van der Waals surface area contributed by atoms with E-state index in [9.17, 15) is 8.42 Å². The predicted molar refractivity (Wildman–Crippen MR) is 96.0 cm³/mol. The molecule has 7 heteroatoms. The molecule has 2 saturated heterocycles. The number of hydrogen-bond donors (Lipinski definition) is 1. The molecule has 0 amide bonds. The van der Waals surface area contributed by atoms with Gasteiger partial charge in [-0.3, -0.25) is 0 Å². The van der Waals surface area contributed by atoms with E-state index >= 15 is 0 Å². The van der Waals surface area contributed by atoms with E-state index in [0.29, 0.717) is 24.9 Å². The van der Waals surface area contributed by atoms with Crippen LogP contribution in [0.5, 0.6) is 0 Å². The minimum absolute atomic E-state index is 0. The van der Waals surface area contributed by atoms with E-state index < -0.39 is 10.2 Å². The standard InChI is InChI=1S/C16H31N3O2S.ClH/c1-17-11-14-5-4-9-18(12-14)22(20,21)19-10-8-15-6-2-3-7-16(15)13-19;/h14-17H,2-13H2,1H3;1H. The van der Waals surface area contributed by atoms with Crippen molar-refractivity contribution < 1.29 is 8.42 Å². The van der Waals surface area contributed by atoms with Gasteiger partial charge in [0.25, 0.3) is 10.2 Å². The second-order valence-corrected chi connectivity index (χ2v) is 9.31. The van der Waals surface area contributed by atoms with Gasteiger partial charge in [0.2, 0.25) is 0 Å². The predicted octanol–water partition coefficient (Wildman–Crippen LogP) is 2.10. The second kappa shape index (κ2) is 8.48. The summed E-state index contributed by atoms with van der Waals surface area (Å²) in [7, 11) is -1.30. The number of rotatable bonds is 4. The lowest BCUT2D eigenvalue weighted by atomic mass is 9.76. The molecule has 0 aromatic rings. The topological polar surface area (TPSA) is 52.7 Å². The number of nitrogens with zero attached hydrogens (tertiary/aromatic N) is 2. The van der Waals surface area contributed by atoms with Crippen LogP contribution in [0.3, 0.4) is 0 Å². The average Bonchev–Trinajstić information content (AvgIpc) is 2.55. The molecule has 5 nitrogen and oxygen atoms in total. The van der Waals surface area contributed by atoms with E-state index in [1.54, 1.807) is 8.61 Å². The van der Waals surface area contributed by atoms with Crippen LogP contribution in [-0.2, 0) is 10.2 Å². The summed E-state index contributed by atoms with van der Waals surface area (Å²) >= 11 is 0. The van der Waals surface area contributed by atoms with Crippen LogP contribution >= 0.6 is 12.4 Å². The summed E-state index contributed by atoms with van der Waals surface area (Å²) in [5.74, 6) is 1.84. The van der Waals surface area contributed by atoms with Crippen molar-refractivity contribution in [3.05, 3.63) is 0 Å². The number of hydrogen-bond acceptors (Lipinski definition) is 3. The maximum Gasteiger partial charge on any atom is 0.281 e. The molecule has 3 unspecified atom stereocenters. The Morgan fingerprint density at radius 1 is 0.913 bits per heavy atom. The molecule has 3 rings (SSSR count). The molecule has 0 spiro atoms. The summed E-state index contributed by atoms with van der Waals surface area (Å²) in [5.41, 5.74) is 0. The van der Waals surface area contributed by atoms with Crippen molar-refractivity contribution in [2.45, 2.75) is 44.9 Å². The van der Waals surface area contributed by atoms with Crippen LogP contribution in [0.25, 0.3) is 0 Å². The molecular formula is C16H32ClN3O2S. The first-order valence-corrected chi connectivity index (χ1v) is 10.4. The molecule has 1 saturated carbocycles. The van der Waals surface area contributed by atoms with E-state index in [1.807, 2.05) is 7.05 Å². The zero-order valence-corrected chi connectivity index (χ0v) is 15.9. The fourth-order valence-corrected chi connectivity index (χ4v) is 6.43. The van der Waals surface area contributed by atoms with Crippen LogP contribution < -0.4 is 5.32 Å². The molecular weight excluding hydrogens is 334 g/mol. The molecule has 1 N–H and O–H groups in total. The fraction of sp³-hybridized carbons (Fsp3) is 1.00. The Kier molecular flexibility index (Phi) is 7.17. The Hall–Kier alpha value is 0.120. The van der Waals surface area contributed by atoms with Gasteiger partial charge in [-0.25, -0.2) is 0 Å². The number of nitrogens with one attached hydrogen (secondary N) is 1. The normalized spacial score (nSPS) is 33.7. The Labute approximate surface area is 147 Å². The molecule has 2 aliphatic heterocycles. The Balaban J connectivity index is 0.00000192. The third-order valence-corrected chi connectivity index (χ3v) is 7.85. The van der Waals surface area contributed by atoms with Crippen LogP contribution in [0.1, 0.15) is 44.9 Å². The fourth-order valence-electron chi connectivity index (χ4n) is 4.63. The van der Waals surface area contributed by atoms with E-state index in [1.165, 1.54) is 25.7 Å². The van der Waals surface area contributed by atoms with Crippen LogP contribution in [0, 0.1) is 17.8 Å². The van der Waals surface area contributed by atoms with Crippen LogP contribution in [0.15, 0.2) is 0 Å². The third kappa shape index (κ3) is 4.40. The highest BCUT2D eigenvalue weighted by atomic mass is 35.5. The van der Waals surface area contributed by atoms with Crippen molar-refractivity contribution >= 4 is 22.6 Å². The van der Waals surface area contributed by atoms with Crippen molar-refractivity contribution in [3.63, 3.8) is 0 Å². The molecule has 3 atom stereocenters. The van der Waals surface area contributed by atoms with Crippen molar-refractivity contribution in [3.8, 4) is 0 Å². The van der Waals surface area contributed by atoms with E-state index in [4.69, 9.17) is 0 Å². The highest BCUT2D eigenvalue weighted by Gasteiger charge is 2.39. The molecule has 1 aliphatic carbocycles. The quantitative estimate of drug-likeness (QED) is 0.830. The third-order valence-electron chi connectivity index (χ3n) is 5.88. The lowest BCUT2D eigenvalue weighted by Gasteiger charge is -2.43. The maximum absolute atomic E-state index is 13.0. The van der Waals surface area contributed by atoms with Gasteiger partial charge in [0.05, 0.1) is 0 Å². The van der Waals surface area contributed by atoms with Gasteiger partial charge in [-0.15, -0.1) is 12.4 Å². The lowest BCUT2D eigenvalue weighted by molar-refractivity contribution is 0.128. The van der Waals surface area contributed by atoms with Gasteiger partial charge < -0.3 is 5.32 Å². The van der Waals surface area contributed by atoms with Gasteiger partial charge in [-0.1, -0.05) is 19.3 Å². The Morgan fingerprint density at radius 2 is 1.61 bits per heavy atom. The molecule has 2 heterocycles. The zero-order valence-electron chi connectivity index (χ0n) is 14.2. The number of piperidine rings is 2. The highest BCUT2D eigenvalue weighted by molar-refractivity contribution is 7.86. The molecule has 136 valence electrons. The van der Waals surface area contributed by atoms with Crippen molar-refractivity contribution in [1.29, 1.82) is 0 Å². The number of halogens is 1. The minimum Gasteiger partial charge on any atom is -0.319 e. The van der Waals surface area contributed by atoms with Crippen LogP contribution in [0.2, 0.25) is 0 Å². The molecule has 0 radical (unpaired) electrons. The molecule has 0 aromatic heterocycles. The zero-order chi connectivity index (χ0) is 15.6. The van der Waals surface area contributed by atoms with E-state index in [0.717, 1.165) is 44.8 Å². The smallest absolute Gasteiger partial charge is 0.281 e. The first kappa shape index (κ1) is 19.4. The van der Waals surface area contributed by atoms with Crippen LogP contribution in [0.4, 0.5) is 0 Å². The largest absolute Gasteiger partial charge is 0.319 e. The Bertz CT molecular complexity index is 472. The van der Waals surface area contributed by atoms with Gasteiger partial charge in [-0.2, -0.15) is 17.0 Å². The van der Waals surface area contributed by atoms with Gasteiger partial charge in [0, 0.05) is 26.2 Å². The number of fused-ring (bicyclic) bond motifs is 1. The first-order valence-electron chi connectivity index (χ1n) is 9.01. The Morgan fingerprint density at radius 3 is 2.35 bits per heavy atom. The second-order valence-electron chi connectivity index (χ2n) is 7.38. The van der Waals surface area contributed by atoms with Gasteiger partial charge in [-0.05, 0) is 57.0 Å². The summed E-state index contributed by atoms with van der Waals surface area (Å²) in [6.07, 6.45) is 8.35. The average molecular weight is 366 g/mol. The van der Waals surface area contributed by atoms with Crippen molar-refractivity contribution in [2.24, 2.45) is 17.8 Å². The summed E-state index contributed by atoms with van der Waals surface area (Å²) in [4.78, 5) is 0. The molecule has 0 bridgehead atoms. The van der Waals surface area contributed by atoms with Crippen LogP contribution in [-0.4, -0.2) is 56.8 Å². The summed E-state index contributed by atoms with van der Waals surface area (Å²) in [5, 5.41) is 3.19. The maximum atomic E-state index is 13.0. The summed E-state index contributed by atoms with van der Waals surface area (Å²) < 4.78 is 29.5. The molecule has 3 aliphatic rings. The van der Waals surface area contributed by atoms with E-state index in [2.05, 4.69) is 5.32 Å². The van der Waals surface area contributed by atoms with E-state index in [-0.39, 0.29) is 12.4 Å². The monoisotopic (exact) mass is 365 g/mol. The molecule has 23 heavy (non-hydrogen) atoms. The SMILES string of the molecule is CNCC1CCCN(S(=O)(=O)N2CCC3CCCCC3C2)C1.Cl.